The maximum atomic E-state index is 12.7. The number of aryl methyl sites for hydroxylation is 1. The molecule has 4 rings (SSSR count). The summed E-state index contributed by atoms with van der Waals surface area (Å²) in [6, 6.07) is 16.5. The molecule has 2 heterocycles. The summed E-state index contributed by atoms with van der Waals surface area (Å²) in [5.41, 5.74) is 1.59. The van der Waals surface area contributed by atoms with Crippen molar-refractivity contribution >= 4 is 39.6 Å². The normalized spacial score (nSPS) is 10.9. The molecule has 4 aromatic rings. The van der Waals surface area contributed by atoms with Crippen molar-refractivity contribution < 1.29 is 9.53 Å². The molecule has 0 atom stereocenters. The number of nitrogens with zero attached hydrogens (tertiary/aromatic N) is 2. The summed E-state index contributed by atoms with van der Waals surface area (Å²) in [4.78, 5) is 28.9. The van der Waals surface area contributed by atoms with Crippen molar-refractivity contribution in [1.82, 2.24) is 9.55 Å². The van der Waals surface area contributed by atoms with E-state index in [2.05, 4.69) is 4.98 Å². The quantitative estimate of drug-likeness (QED) is 0.455. The van der Waals surface area contributed by atoms with E-state index in [1.807, 2.05) is 49.4 Å². The van der Waals surface area contributed by atoms with Crippen LogP contribution in [0.2, 0.25) is 5.15 Å². The van der Waals surface area contributed by atoms with Gasteiger partial charge in [-0.1, -0.05) is 35.9 Å². The Morgan fingerprint density at radius 1 is 1.15 bits per heavy atom. The summed E-state index contributed by atoms with van der Waals surface area (Å²) in [7, 11) is 0. The summed E-state index contributed by atoms with van der Waals surface area (Å²) >= 11 is 7.22. The number of carbonyl (C=O) groups is 1. The number of halogens is 1. The van der Waals surface area contributed by atoms with Crippen LogP contribution < -0.4 is 10.3 Å². The van der Waals surface area contributed by atoms with Gasteiger partial charge >= 0.3 is 0 Å². The Morgan fingerprint density at radius 3 is 2.67 bits per heavy atom. The standard InChI is InChI=1S/C20H13ClN2O3S/c1-12-7-8-13(9-17(12)26-14-5-3-2-4-6-14)23-16-10-15(11-24)27-19(16)22-18(21)20(23)25/h2-11H,1H3. The minimum Gasteiger partial charge on any atom is -0.457 e. The lowest BCUT2D eigenvalue weighted by molar-refractivity contribution is 0.112. The molecule has 0 saturated heterocycles. The third-order valence-electron chi connectivity index (χ3n) is 4.05. The topological polar surface area (TPSA) is 61.2 Å². The van der Waals surface area contributed by atoms with Gasteiger partial charge in [-0.15, -0.1) is 11.3 Å². The van der Waals surface area contributed by atoms with Crippen LogP contribution in [0.4, 0.5) is 0 Å². The van der Waals surface area contributed by atoms with E-state index in [-0.39, 0.29) is 5.15 Å². The molecule has 0 amide bonds. The van der Waals surface area contributed by atoms with Crippen molar-refractivity contribution in [2.75, 3.05) is 0 Å². The van der Waals surface area contributed by atoms with Gasteiger partial charge in [0.15, 0.2) is 11.4 Å². The van der Waals surface area contributed by atoms with E-state index in [1.165, 1.54) is 15.9 Å². The zero-order valence-electron chi connectivity index (χ0n) is 14.2. The van der Waals surface area contributed by atoms with Gasteiger partial charge in [0.05, 0.1) is 16.1 Å². The van der Waals surface area contributed by atoms with Gasteiger partial charge < -0.3 is 4.74 Å². The third-order valence-corrected chi connectivity index (χ3v) is 5.24. The van der Waals surface area contributed by atoms with E-state index in [4.69, 9.17) is 16.3 Å². The number of hydrogen-bond acceptors (Lipinski definition) is 5. The zero-order chi connectivity index (χ0) is 19.0. The van der Waals surface area contributed by atoms with Crippen LogP contribution in [0.1, 0.15) is 15.2 Å². The number of carbonyl (C=O) groups excluding carboxylic acids is 1. The number of aromatic nitrogens is 2. The first-order valence-corrected chi connectivity index (χ1v) is 9.27. The molecule has 0 unspecified atom stereocenters. The lowest BCUT2D eigenvalue weighted by Crippen LogP contribution is -2.20. The van der Waals surface area contributed by atoms with E-state index in [0.717, 1.165) is 11.8 Å². The monoisotopic (exact) mass is 396 g/mol. The van der Waals surface area contributed by atoms with Gasteiger partial charge in [-0.2, -0.15) is 0 Å². The molecular formula is C20H13ClN2O3S. The number of benzene rings is 2. The molecule has 0 fully saturated rings. The second-order valence-corrected chi connectivity index (χ2v) is 7.29. The number of ether oxygens (including phenoxy) is 1. The Balaban J connectivity index is 1.90. The fourth-order valence-corrected chi connectivity index (χ4v) is 3.79. The van der Waals surface area contributed by atoms with Gasteiger partial charge in [0.2, 0.25) is 0 Å². The van der Waals surface area contributed by atoms with Crippen molar-refractivity contribution in [3.05, 3.63) is 80.5 Å². The fraction of sp³-hybridized carbons (Fsp3) is 0.0500. The highest BCUT2D eigenvalue weighted by molar-refractivity contribution is 7.20. The minimum absolute atomic E-state index is 0.145. The number of para-hydroxylation sites is 1. The number of fused-ring (bicyclic) bond motifs is 1. The predicted molar refractivity (Wildman–Crippen MR) is 107 cm³/mol. The molecule has 0 spiro atoms. The lowest BCUT2D eigenvalue weighted by atomic mass is 10.2. The summed E-state index contributed by atoms with van der Waals surface area (Å²) in [6.45, 7) is 1.93. The van der Waals surface area contributed by atoms with E-state index in [1.54, 1.807) is 12.1 Å². The van der Waals surface area contributed by atoms with E-state index < -0.39 is 5.56 Å². The SMILES string of the molecule is Cc1ccc(-n2c(=O)c(Cl)nc3sc(C=O)cc32)cc1Oc1ccccc1. The maximum absolute atomic E-state index is 12.7. The molecule has 27 heavy (non-hydrogen) atoms. The van der Waals surface area contributed by atoms with Crippen molar-refractivity contribution in [1.29, 1.82) is 0 Å². The minimum atomic E-state index is -0.450. The van der Waals surface area contributed by atoms with Crippen LogP contribution in [0.3, 0.4) is 0 Å². The largest absolute Gasteiger partial charge is 0.457 e. The Bertz CT molecular complexity index is 1220. The van der Waals surface area contributed by atoms with Crippen LogP contribution in [-0.2, 0) is 0 Å². The molecule has 2 aromatic carbocycles. The first-order valence-electron chi connectivity index (χ1n) is 8.08. The second kappa shape index (κ2) is 6.98. The number of hydrogen-bond donors (Lipinski definition) is 0. The van der Waals surface area contributed by atoms with Crippen LogP contribution in [-0.4, -0.2) is 15.8 Å². The van der Waals surface area contributed by atoms with E-state index in [0.29, 0.717) is 32.4 Å². The molecule has 2 aromatic heterocycles. The molecular weight excluding hydrogens is 384 g/mol. The molecule has 134 valence electrons. The van der Waals surface area contributed by atoms with Gasteiger partial charge in [-0.25, -0.2) is 4.98 Å². The van der Waals surface area contributed by atoms with Crippen LogP contribution in [0.15, 0.2) is 59.4 Å². The fourth-order valence-electron chi connectivity index (χ4n) is 2.74. The van der Waals surface area contributed by atoms with Crippen molar-refractivity contribution in [2.24, 2.45) is 0 Å². The molecule has 0 aliphatic heterocycles. The van der Waals surface area contributed by atoms with Gasteiger partial charge in [0.25, 0.3) is 5.56 Å². The smallest absolute Gasteiger partial charge is 0.293 e. The Kier molecular flexibility index (Phi) is 4.51. The highest BCUT2D eigenvalue weighted by atomic mass is 35.5. The highest BCUT2D eigenvalue weighted by Gasteiger charge is 2.15. The first-order chi connectivity index (χ1) is 13.1. The van der Waals surface area contributed by atoms with Crippen LogP contribution in [0.5, 0.6) is 11.5 Å². The summed E-state index contributed by atoms with van der Waals surface area (Å²) in [5, 5.41) is -0.145. The summed E-state index contributed by atoms with van der Waals surface area (Å²) in [6.07, 6.45) is 0.730. The summed E-state index contributed by atoms with van der Waals surface area (Å²) < 4.78 is 7.41. The van der Waals surface area contributed by atoms with Crippen LogP contribution in [0.25, 0.3) is 16.0 Å². The third kappa shape index (κ3) is 3.25. The molecule has 0 bridgehead atoms. The molecule has 0 aliphatic carbocycles. The highest BCUT2D eigenvalue weighted by Crippen LogP contribution is 2.30. The average molecular weight is 397 g/mol. The van der Waals surface area contributed by atoms with Gasteiger partial charge in [-0.05, 0) is 36.8 Å². The molecule has 7 heteroatoms. The Morgan fingerprint density at radius 2 is 1.93 bits per heavy atom. The first kappa shape index (κ1) is 17.5. The van der Waals surface area contributed by atoms with E-state index in [9.17, 15) is 9.59 Å². The van der Waals surface area contributed by atoms with E-state index >= 15 is 0 Å². The zero-order valence-corrected chi connectivity index (χ0v) is 15.8. The maximum Gasteiger partial charge on any atom is 0.293 e. The second-order valence-electron chi connectivity index (χ2n) is 5.87. The number of aldehydes is 1. The van der Waals surface area contributed by atoms with Crippen LogP contribution >= 0.6 is 22.9 Å². The Labute approximate surface area is 163 Å². The van der Waals surface area contributed by atoms with Gasteiger partial charge in [-0.3, -0.25) is 14.2 Å². The molecule has 0 radical (unpaired) electrons. The van der Waals surface area contributed by atoms with Crippen molar-refractivity contribution in [3.63, 3.8) is 0 Å². The number of thiophene rings is 1. The van der Waals surface area contributed by atoms with Crippen molar-refractivity contribution in [3.8, 4) is 17.2 Å². The predicted octanol–water partition coefficient (Wildman–Crippen LogP) is 5.01. The number of rotatable bonds is 4. The van der Waals surface area contributed by atoms with Gasteiger partial charge in [0.1, 0.15) is 16.3 Å². The summed E-state index contributed by atoms with van der Waals surface area (Å²) in [5.74, 6) is 1.32. The lowest BCUT2D eigenvalue weighted by Gasteiger charge is -2.13. The Hall–Kier alpha value is -2.96. The van der Waals surface area contributed by atoms with Crippen LogP contribution in [0, 0.1) is 6.92 Å². The molecule has 0 aliphatic rings. The molecule has 0 N–H and O–H groups in total. The molecule has 0 saturated carbocycles. The van der Waals surface area contributed by atoms with Gasteiger partial charge in [0, 0.05) is 6.07 Å². The average Bonchev–Trinajstić information content (AvgIpc) is 3.08. The molecule has 5 nitrogen and oxygen atoms in total. The van der Waals surface area contributed by atoms with Crippen molar-refractivity contribution in [2.45, 2.75) is 6.92 Å².